The van der Waals surface area contributed by atoms with Gasteiger partial charge in [-0.2, -0.15) is 0 Å². The zero-order valence-electron chi connectivity index (χ0n) is 17.7. The van der Waals surface area contributed by atoms with E-state index in [1.165, 1.54) is 12.1 Å². The molecule has 1 saturated heterocycles. The maximum absolute atomic E-state index is 13.5. The molecule has 0 radical (unpaired) electrons. The topological polar surface area (TPSA) is 135 Å². The monoisotopic (exact) mass is 462 g/mol. The quantitative estimate of drug-likeness (QED) is 0.393. The SMILES string of the molecule is O=C(O)C1COC(c2nc(-c3ccc(F)cc3)c(-c3ccnc(Nc4cccnc4)n3)[nH]2)OC1. The molecule has 4 aromatic rings. The molecule has 1 aliphatic rings. The van der Waals surface area contributed by atoms with Gasteiger partial charge in [-0.25, -0.2) is 19.3 Å². The summed E-state index contributed by atoms with van der Waals surface area (Å²) in [5.41, 5.74) is 2.96. The molecule has 0 unspecified atom stereocenters. The predicted octanol–water partition coefficient (Wildman–Crippen LogP) is 3.56. The van der Waals surface area contributed by atoms with Gasteiger partial charge in [0.1, 0.15) is 11.7 Å². The van der Waals surface area contributed by atoms with Crippen LogP contribution in [0.4, 0.5) is 16.0 Å². The zero-order chi connectivity index (χ0) is 23.5. The number of aromatic amines is 1. The van der Waals surface area contributed by atoms with Gasteiger partial charge in [-0.3, -0.25) is 9.78 Å². The van der Waals surface area contributed by atoms with Gasteiger partial charge >= 0.3 is 5.97 Å². The highest BCUT2D eigenvalue weighted by atomic mass is 19.1. The summed E-state index contributed by atoms with van der Waals surface area (Å²) in [5, 5.41) is 12.2. The van der Waals surface area contributed by atoms with Gasteiger partial charge in [0.15, 0.2) is 5.82 Å². The van der Waals surface area contributed by atoms with E-state index in [1.807, 2.05) is 6.07 Å². The Bertz CT molecular complexity index is 1290. The van der Waals surface area contributed by atoms with Gasteiger partial charge in [-0.05, 0) is 42.5 Å². The number of halogens is 1. The number of carbonyl (C=O) groups is 1. The minimum Gasteiger partial charge on any atom is -0.481 e. The van der Waals surface area contributed by atoms with E-state index in [2.05, 4.69) is 30.2 Å². The van der Waals surface area contributed by atoms with Crippen molar-refractivity contribution in [3.8, 4) is 22.6 Å². The molecule has 1 fully saturated rings. The van der Waals surface area contributed by atoms with Gasteiger partial charge in [0.05, 0.1) is 42.2 Å². The minimum absolute atomic E-state index is 0.00536. The lowest BCUT2D eigenvalue weighted by Crippen LogP contribution is -2.32. The second-order valence-electron chi connectivity index (χ2n) is 7.52. The van der Waals surface area contributed by atoms with E-state index in [9.17, 15) is 9.18 Å². The number of rotatable bonds is 6. The first-order valence-electron chi connectivity index (χ1n) is 10.4. The first kappa shape index (κ1) is 21.6. The van der Waals surface area contributed by atoms with E-state index in [0.29, 0.717) is 34.4 Å². The molecule has 4 heterocycles. The Morgan fingerprint density at radius 1 is 1.09 bits per heavy atom. The van der Waals surface area contributed by atoms with Crippen LogP contribution in [-0.2, 0) is 14.3 Å². The molecule has 34 heavy (non-hydrogen) atoms. The molecule has 11 heteroatoms. The van der Waals surface area contributed by atoms with Gasteiger partial charge in [-0.15, -0.1) is 0 Å². The Labute approximate surface area is 192 Å². The molecule has 0 amide bonds. The molecule has 3 N–H and O–H groups in total. The van der Waals surface area contributed by atoms with Crippen LogP contribution in [0.1, 0.15) is 12.1 Å². The molecule has 0 bridgehead atoms. The highest BCUT2D eigenvalue weighted by Crippen LogP contribution is 2.33. The zero-order valence-corrected chi connectivity index (χ0v) is 17.7. The number of H-pyrrole nitrogens is 1. The Morgan fingerprint density at radius 2 is 1.88 bits per heavy atom. The molecule has 0 aliphatic carbocycles. The fourth-order valence-corrected chi connectivity index (χ4v) is 3.43. The lowest BCUT2D eigenvalue weighted by Gasteiger charge is -2.25. The highest BCUT2D eigenvalue weighted by molar-refractivity contribution is 5.77. The van der Waals surface area contributed by atoms with Crippen molar-refractivity contribution < 1.29 is 23.8 Å². The van der Waals surface area contributed by atoms with Gasteiger partial charge in [0.25, 0.3) is 0 Å². The predicted molar refractivity (Wildman–Crippen MR) is 118 cm³/mol. The molecular formula is C23H19FN6O4. The van der Waals surface area contributed by atoms with Crippen LogP contribution >= 0.6 is 0 Å². The van der Waals surface area contributed by atoms with Crippen molar-refractivity contribution in [2.45, 2.75) is 6.29 Å². The van der Waals surface area contributed by atoms with E-state index in [0.717, 1.165) is 5.69 Å². The second kappa shape index (κ2) is 9.33. The Kier molecular flexibility index (Phi) is 5.93. The number of pyridine rings is 1. The van der Waals surface area contributed by atoms with Crippen LogP contribution in [0.3, 0.4) is 0 Å². The van der Waals surface area contributed by atoms with Crippen LogP contribution in [0, 0.1) is 11.7 Å². The Hall–Kier alpha value is -4.22. The summed E-state index contributed by atoms with van der Waals surface area (Å²) in [6, 6.07) is 11.2. The van der Waals surface area contributed by atoms with Gasteiger partial charge < -0.3 is 24.9 Å². The molecule has 5 rings (SSSR count). The van der Waals surface area contributed by atoms with Crippen LogP contribution < -0.4 is 5.32 Å². The number of ether oxygens (including phenoxy) is 2. The lowest BCUT2D eigenvalue weighted by molar-refractivity contribution is -0.214. The number of nitrogens with one attached hydrogen (secondary N) is 2. The Balaban J connectivity index is 1.50. The summed E-state index contributed by atoms with van der Waals surface area (Å²) in [6.07, 6.45) is 4.04. The molecule has 10 nitrogen and oxygen atoms in total. The third kappa shape index (κ3) is 4.60. The standard InChI is InChI=1S/C23H19FN6O4/c24-15-5-3-13(4-6-15)18-19(30-20(29-18)22-33-11-14(12-34-22)21(31)32)17-7-9-26-23(28-17)27-16-2-1-8-25-10-16/h1-10,14,22H,11-12H2,(H,29,30)(H,31,32)(H,26,27,28). The first-order chi connectivity index (χ1) is 16.6. The molecule has 0 saturated carbocycles. The molecule has 1 aliphatic heterocycles. The van der Waals surface area contributed by atoms with Crippen molar-refractivity contribution in [2.24, 2.45) is 5.92 Å². The fraction of sp³-hybridized carbons (Fsp3) is 0.174. The van der Waals surface area contributed by atoms with Gasteiger partial charge in [0, 0.05) is 18.0 Å². The highest BCUT2D eigenvalue weighted by Gasteiger charge is 2.31. The number of benzene rings is 1. The van der Waals surface area contributed by atoms with Crippen LogP contribution in [0.25, 0.3) is 22.6 Å². The number of aromatic nitrogens is 5. The van der Waals surface area contributed by atoms with E-state index >= 15 is 0 Å². The summed E-state index contributed by atoms with van der Waals surface area (Å²) in [5.74, 6) is -1.41. The van der Waals surface area contributed by atoms with E-state index in [1.54, 1.807) is 42.9 Å². The smallest absolute Gasteiger partial charge is 0.311 e. The summed E-state index contributed by atoms with van der Waals surface area (Å²) in [6.45, 7) is -0.0107. The van der Waals surface area contributed by atoms with Crippen molar-refractivity contribution in [2.75, 3.05) is 18.5 Å². The third-order valence-electron chi connectivity index (χ3n) is 5.14. The number of carboxylic acids is 1. The van der Waals surface area contributed by atoms with Crippen molar-refractivity contribution in [3.05, 3.63) is 72.7 Å². The lowest BCUT2D eigenvalue weighted by atomic mass is 10.1. The second-order valence-corrected chi connectivity index (χ2v) is 7.52. The maximum atomic E-state index is 13.5. The average molecular weight is 462 g/mol. The average Bonchev–Trinajstić information content (AvgIpc) is 3.31. The largest absolute Gasteiger partial charge is 0.481 e. The van der Waals surface area contributed by atoms with Crippen molar-refractivity contribution >= 4 is 17.6 Å². The maximum Gasteiger partial charge on any atom is 0.311 e. The summed E-state index contributed by atoms with van der Waals surface area (Å²) in [4.78, 5) is 31.9. The number of anilines is 2. The number of hydrogen-bond acceptors (Lipinski definition) is 8. The molecular weight excluding hydrogens is 443 g/mol. The number of aliphatic carboxylic acids is 1. The molecule has 0 atom stereocenters. The van der Waals surface area contributed by atoms with Crippen LogP contribution in [-0.4, -0.2) is 49.2 Å². The van der Waals surface area contributed by atoms with Crippen molar-refractivity contribution in [1.29, 1.82) is 0 Å². The number of imidazole rings is 1. The first-order valence-corrected chi connectivity index (χ1v) is 10.4. The van der Waals surface area contributed by atoms with Gasteiger partial charge in [-0.1, -0.05) is 0 Å². The molecule has 0 spiro atoms. The van der Waals surface area contributed by atoms with Crippen molar-refractivity contribution in [1.82, 2.24) is 24.9 Å². The fourth-order valence-electron chi connectivity index (χ4n) is 3.43. The number of nitrogens with zero attached hydrogens (tertiary/aromatic N) is 4. The van der Waals surface area contributed by atoms with E-state index in [-0.39, 0.29) is 19.0 Å². The van der Waals surface area contributed by atoms with Crippen molar-refractivity contribution in [3.63, 3.8) is 0 Å². The van der Waals surface area contributed by atoms with E-state index < -0.39 is 18.2 Å². The minimum atomic E-state index is -0.986. The molecule has 3 aromatic heterocycles. The summed E-state index contributed by atoms with van der Waals surface area (Å²) < 4.78 is 24.7. The molecule has 1 aromatic carbocycles. The van der Waals surface area contributed by atoms with Crippen LogP contribution in [0.5, 0.6) is 0 Å². The third-order valence-corrected chi connectivity index (χ3v) is 5.14. The van der Waals surface area contributed by atoms with E-state index in [4.69, 9.17) is 14.6 Å². The molecule has 172 valence electrons. The Morgan fingerprint density at radius 3 is 2.59 bits per heavy atom. The summed E-state index contributed by atoms with van der Waals surface area (Å²) >= 11 is 0. The van der Waals surface area contributed by atoms with Gasteiger partial charge in [0.2, 0.25) is 12.2 Å². The number of hydrogen-bond donors (Lipinski definition) is 3. The number of carboxylic acid groups (broad SMARTS) is 1. The summed E-state index contributed by atoms with van der Waals surface area (Å²) in [7, 11) is 0. The van der Waals surface area contributed by atoms with Crippen LogP contribution in [0.2, 0.25) is 0 Å². The normalized spacial score (nSPS) is 17.9. The van der Waals surface area contributed by atoms with Crippen LogP contribution in [0.15, 0.2) is 61.1 Å².